The normalized spacial score (nSPS) is 23.5. The lowest BCUT2D eigenvalue weighted by Crippen LogP contribution is -2.07. The first-order valence-electron chi connectivity index (χ1n) is 4.16. The summed E-state index contributed by atoms with van der Waals surface area (Å²) in [7, 11) is 0. The van der Waals surface area contributed by atoms with Gasteiger partial charge in [0.1, 0.15) is 0 Å². The third kappa shape index (κ3) is 2.11. The molecule has 0 heterocycles. The van der Waals surface area contributed by atoms with Gasteiger partial charge in [0.2, 0.25) is 0 Å². The Bertz CT molecular complexity index is 209. The molecule has 0 saturated heterocycles. The molecule has 0 aromatic heterocycles. The Morgan fingerprint density at radius 3 is 2.73 bits per heavy atom. The van der Waals surface area contributed by atoms with Crippen LogP contribution in [0.1, 0.15) is 33.6 Å². The first kappa shape index (κ1) is 8.38. The summed E-state index contributed by atoms with van der Waals surface area (Å²) in [5.41, 5.74) is 8.43. The molecule has 0 amide bonds. The van der Waals surface area contributed by atoms with Gasteiger partial charge in [0.05, 0.1) is 0 Å². The molecule has 0 aliphatic heterocycles. The van der Waals surface area contributed by atoms with Crippen LogP contribution in [0.2, 0.25) is 0 Å². The van der Waals surface area contributed by atoms with Crippen molar-refractivity contribution in [1.29, 1.82) is 0 Å². The van der Waals surface area contributed by atoms with Crippen molar-refractivity contribution >= 4 is 0 Å². The molecular weight excluding hydrogens is 134 g/mol. The minimum Gasteiger partial charge on any atom is -0.402 e. The second-order valence-corrected chi connectivity index (χ2v) is 4.03. The summed E-state index contributed by atoms with van der Waals surface area (Å²) in [5, 5.41) is 0. The summed E-state index contributed by atoms with van der Waals surface area (Å²) in [4.78, 5) is 0. The van der Waals surface area contributed by atoms with Crippen molar-refractivity contribution in [2.45, 2.75) is 33.6 Å². The maximum absolute atomic E-state index is 5.83. The lowest BCUT2D eigenvalue weighted by atomic mass is 9.88. The highest BCUT2D eigenvalue weighted by Crippen LogP contribution is 2.29. The predicted octanol–water partition coefficient (Wildman–Crippen LogP) is 2.60. The fourth-order valence-corrected chi connectivity index (χ4v) is 1.19. The highest BCUT2D eigenvalue weighted by molar-refractivity contribution is 5.25. The lowest BCUT2D eigenvalue weighted by molar-refractivity contribution is 0.439. The van der Waals surface area contributed by atoms with E-state index in [1.165, 1.54) is 5.57 Å². The molecule has 0 atom stereocenters. The Morgan fingerprint density at radius 2 is 2.09 bits per heavy atom. The van der Waals surface area contributed by atoms with Crippen molar-refractivity contribution in [3.63, 3.8) is 0 Å². The van der Waals surface area contributed by atoms with E-state index in [4.69, 9.17) is 5.73 Å². The van der Waals surface area contributed by atoms with Crippen molar-refractivity contribution in [1.82, 2.24) is 0 Å². The Hall–Kier alpha value is -0.720. The second kappa shape index (κ2) is 2.72. The maximum Gasteiger partial charge on any atom is 0.0110 e. The van der Waals surface area contributed by atoms with Gasteiger partial charge in [-0.05, 0) is 30.8 Å². The van der Waals surface area contributed by atoms with Gasteiger partial charge in [-0.1, -0.05) is 26.0 Å². The van der Waals surface area contributed by atoms with Crippen molar-refractivity contribution in [3.8, 4) is 0 Å². The van der Waals surface area contributed by atoms with Crippen LogP contribution in [0.5, 0.6) is 0 Å². The zero-order valence-electron chi connectivity index (χ0n) is 7.65. The van der Waals surface area contributed by atoms with E-state index in [9.17, 15) is 0 Å². The minimum atomic E-state index is 0.322. The summed E-state index contributed by atoms with van der Waals surface area (Å²) in [6.07, 6.45) is 6.59. The van der Waals surface area contributed by atoms with Crippen molar-refractivity contribution in [2.24, 2.45) is 11.1 Å². The van der Waals surface area contributed by atoms with E-state index in [2.05, 4.69) is 32.9 Å². The molecule has 0 bridgehead atoms. The molecule has 0 aromatic carbocycles. The third-order valence-corrected chi connectivity index (χ3v) is 2.33. The molecule has 1 rings (SSSR count). The van der Waals surface area contributed by atoms with Gasteiger partial charge >= 0.3 is 0 Å². The number of rotatable bonds is 0. The average Bonchev–Trinajstić information content (AvgIpc) is 2.03. The average molecular weight is 151 g/mol. The van der Waals surface area contributed by atoms with Crippen LogP contribution in [0.4, 0.5) is 0 Å². The molecule has 0 fully saturated rings. The van der Waals surface area contributed by atoms with Crippen LogP contribution in [-0.2, 0) is 0 Å². The Labute approximate surface area is 69.0 Å². The summed E-state index contributed by atoms with van der Waals surface area (Å²) in [6.45, 7) is 6.57. The Balaban J connectivity index is 2.82. The van der Waals surface area contributed by atoms with Crippen LogP contribution in [-0.4, -0.2) is 0 Å². The van der Waals surface area contributed by atoms with E-state index in [0.29, 0.717) is 5.41 Å². The molecule has 1 heteroatoms. The highest BCUT2D eigenvalue weighted by Gasteiger charge is 2.16. The highest BCUT2D eigenvalue weighted by atomic mass is 14.6. The first-order chi connectivity index (χ1) is 5.01. The quantitative estimate of drug-likeness (QED) is 0.566. The van der Waals surface area contributed by atoms with Gasteiger partial charge in [0.25, 0.3) is 0 Å². The summed E-state index contributed by atoms with van der Waals surface area (Å²) in [6, 6.07) is 0. The molecule has 0 spiro atoms. The van der Waals surface area contributed by atoms with Gasteiger partial charge in [-0.2, -0.15) is 0 Å². The maximum atomic E-state index is 5.83. The van der Waals surface area contributed by atoms with Crippen LogP contribution in [0.3, 0.4) is 0 Å². The molecule has 0 unspecified atom stereocenters. The molecule has 0 radical (unpaired) electrons. The van der Waals surface area contributed by atoms with Crippen LogP contribution in [0.15, 0.2) is 23.4 Å². The van der Waals surface area contributed by atoms with Crippen LogP contribution >= 0.6 is 0 Å². The standard InChI is InChI=1S/C10H17N/c1-8-4-6-10(2,3)7-5-9(8)11/h4,6H,5,7,11H2,1-3H3. The summed E-state index contributed by atoms with van der Waals surface area (Å²) in [5.74, 6) is 0. The van der Waals surface area contributed by atoms with Gasteiger partial charge in [0, 0.05) is 5.70 Å². The van der Waals surface area contributed by atoms with Crippen molar-refractivity contribution < 1.29 is 0 Å². The molecule has 0 aromatic rings. The Morgan fingerprint density at radius 1 is 1.45 bits per heavy atom. The van der Waals surface area contributed by atoms with Crippen LogP contribution in [0, 0.1) is 5.41 Å². The SMILES string of the molecule is CC1=C(N)CCC(C)(C)C=C1. The monoisotopic (exact) mass is 151 g/mol. The van der Waals surface area contributed by atoms with E-state index in [1.54, 1.807) is 0 Å². The van der Waals surface area contributed by atoms with Crippen molar-refractivity contribution in [3.05, 3.63) is 23.4 Å². The van der Waals surface area contributed by atoms with Gasteiger partial charge < -0.3 is 5.73 Å². The zero-order chi connectivity index (χ0) is 8.48. The molecule has 2 N–H and O–H groups in total. The number of allylic oxidation sites excluding steroid dienone is 4. The van der Waals surface area contributed by atoms with Gasteiger partial charge in [0.15, 0.2) is 0 Å². The second-order valence-electron chi connectivity index (χ2n) is 4.03. The molecule has 1 aliphatic rings. The molecule has 62 valence electrons. The zero-order valence-corrected chi connectivity index (χ0v) is 7.65. The minimum absolute atomic E-state index is 0.322. The van der Waals surface area contributed by atoms with Crippen molar-refractivity contribution in [2.75, 3.05) is 0 Å². The molecule has 1 nitrogen and oxygen atoms in total. The molecular formula is C10H17N. The van der Waals surface area contributed by atoms with Gasteiger partial charge in [-0.15, -0.1) is 0 Å². The number of hydrogen-bond donors (Lipinski definition) is 1. The Kier molecular flexibility index (Phi) is 2.08. The summed E-state index contributed by atoms with van der Waals surface area (Å²) < 4.78 is 0. The molecule has 0 saturated carbocycles. The fourth-order valence-electron chi connectivity index (χ4n) is 1.19. The van der Waals surface area contributed by atoms with E-state index in [-0.39, 0.29) is 0 Å². The first-order valence-corrected chi connectivity index (χ1v) is 4.16. The van der Waals surface area contributed by atoms with E-state index >= 15 is 0 Å². The molecule has 11 heavy (non-hydrogen) atoms. The lowest BCUT2D eigenvalue weighted by Gasteiger charge is -2.17. The van der Waals surface area contributed by atoms with E-state index < -0.39 is 0 Å². The van der Waals surface area contributed by atoms with Gasteiger partial charge in [-0.3, -0.25) is 0 Å². The number of hydrogen-bond acceptors (Lipinski definition) is 1. The molecule has 1 aliphatic carbocycles. The fraction of sp³-hybridized carbons (Fsp3) is 0.600. The topological polar surface area (TPSA) is 26.0 Å². The number of nitrogens with two attached hydrogens (primary N) is 1. The van der Waals surface area contributed by atoms with E-state index in [0.717, 1.165) is 18.5 Å². The third-order valence-electron chi connectivity index (χ3n) is 2.33. The smallest absolute Gasteiger partial charge is 0.0110 e. The van der Waals surface area contributed by atoms with Crippen LogP contribution in [0.25, 0.3) is 0 Å². The van der Waals surface area contributed by atoms with E-state index in [1.807, 2.05) is 0 Å². The summed E-state index contributed by atoms with van der Waals surface area (Å²) >= 11 is 0. The largest absolute Gasteiger partial charge is 0.402 e. The van der Waals surface area contributed by atoms with Gasteiger partial charge in [-0.25, -0.2) is 0 Å². The van der Waals surface area contributed by atoms with Crippen LogP contribution < -0.4 is 5.73 Å². The predicted molar refractivity (Wildman–Crippen MR) is 49.0 cm³/mol.